The molecule has 0 fully saturated rings. The molecule has 0 radical (unpaired) electrons. The van der Waals surface area contributed by atoms with Crippen molar-refractivity contribution >= 4 is 45.3 Å². The van der Waals surface area contributed by atoms with Gasteiger partial charge in [-0.15, -0.1) is 11.3 Å². The first-order chi connectivity index (χ1) is 17.5. The number of imidazole rings is 2. The minimum atomic E-state index is -0.216. The van der Waals surface area contributed by atoms with Gasteiger partial charge in [-0.25, -0.2) is 9.78 Å². The molecule has 0 aliphatic rings. The molecule has 0 spiro atoms. The molecule has 0 saturated carbocycles. The molecule has 0 unspecified atom stereocenters. The summed E-state index contributed by atoms with van der Waals surface area (Å²) in [5.74, 6) is 0.253. The second-order valence-corrected chi connectivity index (χ2v) is 9.83. The summed E-state index contributed by atoms with van der Waals surface area (Å²) < 4.78 is 9.25. The smallest absolute Gasteiger partial charge is 0.326 e. The molecule has 5 aromatic rings. The van der Waals surface area contributed by atoms with Crippen molar-refractivity contribution in [3.8, 4) is 10.4 Å². The maximum atomic E-state index is 13.2. The van der Waals surface area contributed by atoms with E-state index in [2.05, 4.69) is 15.3 Å². The molecule has 0 aliphatic carbocycles. The number of nitrogens with zero attached hydrogens (tertiary/aromatic N) is 4. The van der Waals surface area contributed by atoms with E-state index in [-0.39, 0.29) is 17.6 Å². The molecular weight excluding hydrogens is 476 g/mol. The van der Waals surface area contributed by atoms with E-state index in [1.807, 2.05) is 61.7 Å². The third-order valence-corrected chi connectivity index (χ3v) is 7.13. The summed E-state index contributed by atoms with van der Waals surface area (Å²) in [5, 5.41) is 3.01. The van der Waals surface area contributed by atoms with Crippen molar-refractivity contribution < 1.29 is 9.53 Å². The van der Waals surface area contributed by atoms with Gasteiger partial charge in [0, 0.05) is 43.1 Å². The van der Waals surface area contributed by atoms with E-state index in [1.165, 1.54) is 11.3 Å². The van der Waals surface area contributed by atoms with Crippen LogP contribution in [0.4, 0.5) is 5.95 Å². The number of aromatic amines is 1. The Kier molecular flexibility index (Phi) is 6.71. The fraction of sp³-hybridized carbons (Fsp3) is 0.308. The average molecular weight is 505 g/mol. The number of fused-ring (bicyclic) bond motifs is 2. The van der Waals surface area contributed by atoms with Gasteiger partial charge in [0.25, 0.3) is 5.91 Å². The lowest BCUT2D eigenvalue weighted by molar-refractivity contribution is 0.102. The van der Waals surface area contributed by atoms with Crippen molar-refractivity contribution in [2.24, 2.45) is 0 Å². The lowest BCUT2D eigenvalue weighted by Gasteiger charge is -2.11. The van der Waals surface area contributed by atoms with Crippen molar-refractivity contribution in [3.63, 3.8) is 0 Å². The zero-order valence-electron chi connectivity index (χ0n) is 20.4. The van der Waals surface area contributed by atoms with Crippen LogP contribution in [-0.4, -0.2) is 43.2 Å². The molecule has 5 rings (SSSR count). The highest BCUT2D eigenvalue weighted by atomic mass is 32.1. The molecule has 0 aliphatic heterocycles. The van der Waals surface area contributed by atoms with Crippen LogP contribution in [0.25, 0.3) is 32.5 Å². The highest BCUT2D eigenvalue weighted by molar-refractivity contribution is 7.17. The SMILES string of the molecule is CCOCCCn1c(NC(=O)c2ccc(-c3ccncc3)s2)nc2cc3[nH]c(=O)n(C(C)C)c3cc21. The molecule has 4 aromatic heterocycles. The number of hydrogen-bond acceptors (Lipinski definition) is 6. The van der Waals surface area contributed by atoms with Gasteiger partial charge >= 0.3 is 5.69 Å². The number of carbonyl (C=O) groups excluding carboxylic acids is 1. The largest absolute Gasteiger partial charge is 0.382 e. The summed E-state index contributed by atoms with van der Waals surface area (Å²) in [7, 11) is 0. The van der Waals surface area contributed by atoms with E-state index in [0.717, 1.165) is 33.4 Å². The van der Waals surface area contributed by atoms with Gasteiger partial charge in [0.05, 0.1) is 26.9 Å². The van der Waals surface area contributed by atoms with Crippen molar-refractivity contribution in [2.75, 3.05) is 18.5 Å². The Morgan fingerprint density at radius 3 is 2.72 bits per heavy atom. The first-order valence-electron chi connectivity index (χ1n) is 12.0. The van der Waals surface area contributed by atoms with Gasteiger partial charge < -0.3 is 14.3 Å². The van der Waals surface area contributed by atoms with E-state index < -0.39 is 0 Å². The summed E-state index contributed by atoms with van der Waals surface area (Å²) in [4.78, 5) is 39.0. The number of rotatable bonds is 9. The summed E-state index contributed by atoms with van der Waals surface area (Å²) in [6.45, 7) is 7.79. The summed E-state index contributed by atoms with van der Waals surface area (Å²) in [6, 6.07) is 11.4. The standard InChI is InChI=1S/C26H28N6O3S/c1-4-35-13-5-12-31-20-15-21-19(29-26(34)32(21)16(2)3)14-18(20)28-25(31)30-24(33)23-7-6-22(36-23)17-8-10-27-11-9-17/h6-11,14-16H,4-5,12-13H2,1-3H3,(H,29,34)(H,28,30,33). The average Bonchev–Trinajstić information content (AvgIpc) is 3.56. The minimum absolute atomic E-state index is 0.00520. The van der Waals surface area contributed by atoms with E-state index in [4.69, 9.17) is 9.72 Å². The highest BCUT2D eigenvalue weighted by Crippen LogP contribution is 2.30. The van der Waals surface area contributed by atoms with Crippen LogP contribution in [-0.2, 0) is 11.3 Å². The fourth-order valence-corrected chi connectivity index (χ4v) is 5.25. The molecule has 36 heavy (non-hydrogen) atoms. The maximum absolute atomic E-state index is 13.2. The normalized spacial score (nSPS) is 11.7. The molecule has 0 bridgehead atoms. The van der Waals surface area contributed by atoms with E-state index in [1.54, 1.807) is 17.0 Å². The molecule has 9 nitrogen and oxygen atoms in total. The second kappa shape index (κ2) is 10.1. The van der Waals surface area contributed by atoms with Crippen LogP contribution in [0.2, 0.25) is 0 Å². The van der Waals surface area contributed by atoms with Gasteiger partial charge in [-0.3, -0.25) is 19.7 Å². The highest BCUT2D eigenvalue weighted by Gasteiger charge is 2.19. The molecule has 2 N–H and O–H groups in total. The number of carbonyl (C=O) groups is 1. The monoisotopic (exact) mass is 504 g/mol. The number of aryl methyl sites for hydroxylation is 1. The van der Waals surface area contributed by atoms with Crippen LogP contribution in [0.3, 0.4) is 0 Å². The zero-order chi connectivity index (χ0) is 25.2. The summed E-state index contributed by atoms with van der Waals surface area (Å²) in [6.07, 6.45) is 4.23. The third kappa shape index (κ3) is 4.57. The number of hydrogen-bond donors (Lipinski definition) is 2. The Bertz CT molecular complexity index is 1580. The number of H-pyrrole nitrogens is 1. The lowest BCUT2D eigenvalue weighted by atomic mass is 10.2. The van der Waals surface area contributed by atoms with Gasteiger partial charge in [-0.1, -0.05) is 0 Å². The Hall–Kier alpha value is -3.76. The zero-order valence-corrected chi connectivity index (χ0v) is 21.3. The van der Waals surface area contributed by atoms with Crippen LogP contribution >= 0.6 is 11.3 Å². The lowest BCUT2D eigenvalue weighted by Crippen LogP contribution is -2.18. The summed E-state index contributed by atoms with van der Waals surface area (Å²) in [5.41, 5.74) is 3.96. The predicted molar refractivity (Wildman–Crippen MR) is 143 cm³/mol. The number of thiophene rings is 1. The van der Waals surface area contributed by atoms with Crippen LogP contribution in [0.1, 0.15) is 42.9 Å². The van der Waals surface area contributed by atoms with Crippen molar-refractivity contribution in [3.05, 3.63) is 64.2 Å². The van der Waals surface area contributed by atoms with Gasteiger partial charge in [0.2, 0.25) is 5.95 Å². The second-order valence-electron chi connectivity index (χ2n) is 8.74. The van der Waals surface area contributed by atoms with Crippen molar-refractivity contribution in [1.82, 2.24) is 24.1 Å². The molecular formula is C26H28N6O3S. The number of nitrogens with one attached hydrogen (secondary N) is 2. The van der Waals surface area contributed by atoms with E-state index in [0.29, 0.717) is 36.1 Å². The van der Waals surface area contributed by atoms with Gasteiger partial charge in [0.1, 0.15) is 0 Å². The quantitative estimate of drug-likeness (QED) is 0.273. The molecule has 1 amide bonds. The Morgan fingerprint density at radius 1 is 1.17 bits per heavy atom. The first-order valence-corrected chi connectivity index (χ1v) is 12.8. The number of aromatic nitrogens is 5. The van der Waals surface area contributed by atoms with Crippen molar-refractivity contribution in [2.45, 2.75) is 39.8 Å². The number of amides is 1. The molecule has 4 heterocycles. The van der Waals surface area contributed by atoms with Gasteiger partial charge in [0.15, 0.2) is 0 Å². The summed E-state index contributed by atoms with van der Waals surface area (Å²) >= 11 is 1.42. The molecule has 186 valence electrons. The van der Waals surface area contributed by atoms with Crippen LogP contribution in [0, 0.1) is 0 Å². The Morgan fingerprint density at radius 2 is 1.97 bits per heavy atom. The maximum Gasteiger partial charge on any atom is 0.326 e. The molecule has 0 saturated heterocycles. The van der Waals surface area contributed by atoms with Crippen LogP contribution < -0.4 is 11.0 Å². The topological polar surface area (TPSA) is 107 Å². The number of benzene rings is 1. The van der Waals surface area contributed by atoms with Gasteiger partial charge in [-0.2, -0.15) is 0 Å². The van der Waals surface area contributed by atoms with E-state index in [9.17, 15) is 9.59 Å². The molecule has 1 aromatic carbocycles. The first kappa shape index (κ1) is 24.0. The van der Waals surface area contributed by atoms with Crippen LogP contribution in [0.5, 0.6) is 0 Å². The molecule has 0 atom stereocenters. The van der Waals surface area contributed by atoms with Gasteiger partial charge in [-0.05, 0) is 69.2 Å². The Labute approximate surface area is 211 Å². The molecule has 10 heteroatoms. The number of ether oxygens (including phenoxy) is 1. The Balaban J connectivity index is 1.51. The minimum Gasteiger partial charge on any atom is -0.382 e. The van der Waals surface area contributed by atoms with E-state index >= 15 is 0 Å². The predicted octanol–water partition coefficient (Wildman–Crippen LogP) is 5.06. The number of pyridine rings is 1. The number of anilines is 1. The van der Waals surface area contributed by atoms with Crippen LogP contribution in [0.15, 0.2) is 53.6 Å². The van der Waals surface area contributed by atoms with Crippen molar-refractivity contribution in [1.29, 1.82) is 0 Å². The fourth-order valence-electron chi connectivity index (χ4n) is 4.34. The third-order valence-electron chi connectivity index (χ3n) is 6.00.